The van der Waals surface area contributed by atoms with Gasteiger partial charge in [0.1, 0.15) is 0 Å². The summed E-state index contributed by atoms with van der Waals surface area (Å²) in [6.45, 7) is -3.53. The standard InChI is InChI=1S/C22H44N4O10P2S3/c23-7-3-1-2-5-21(28)26-14-20(12-18(26)16-35-38(32,33)39)36-37(30,31)34-15-17-11-19(27)13-25(17)22(29)6-4-9-40-41-10-8-24/h17-20,27H,1-16,23-24H2,(H,30,31)(H2,32,33,39)/t17-,18-,19+,20+/m0/s1. The maximum atomic E-state index is 12.8. The monoisotopic (exact) mass is 682 g/mol. The predicted molar refractivity (Wildman–Crippen MR) is 162 cm³/mol. The molecule has 6 atom stereocenters. The second kappa shape index (κ2) is 18.8. The number of aliphatic hydroxyl groups excluding tert-OH is 1. The quantitative estimate of drug-likeness (QED) is 0.0467. The number of carbonyl (C=O) groups excluding carboxylic acids is 2. The van der Waals surface area contributed by atoms with Crippen LogP contribution in [0.1, 0.15) is 51.4 Å². The highest BCUT2D eigenvalue weighted by molar-refractivity contribution is 8.76. The number of aliphatic hydroxyl groups is 1. The van der Waals surface area contributed by atoms with Gasteiger partial charge in [-0.15, -0.1) is 0 Å². The molecule has 19 heteroatoms. The fourth-order valence-corrected chi connectivity index (χ4v) is 8.14. The Bertz CT molecular complexity index is 921. The predicted octanol–water partition coefficient (Wildman–Crippen LogP) is 1.74. The molecule has 2 fully saturated rings. The van der Waals surface area contributed by atoms with Gasteiger partial charge in [-0.05, 0) is 38.6 Å². The maximum absolute atomic E-state index is 12.8. The topological polar surface area (TPSA) is 215 Å². The van der Waals surface area contributed by atoms with Crippen molar-refractivity contribution in [2.45, 2.75) is 75.7 Å². The van der Waals surface area contributed by atoms with E-state index in [1.54, 1.807) is 21.6 Å². The van der Waals surface area contributed by atoms with Crippen LogP contribution in [0.25, 0.3) is 0 Å². The largest absolute Gasteiger partial charge is 0.472 e. The summed E-state index contributed by atoms with van der Waals surface area (Å²) in [6, 6.07) is -1.26. The Morgan fingerprint density at radius 3 is 2.12 bits per heavy atom. The van der Waals surface area contributed by atoms with Crippen LogP contribution in [-0.2, 0) is 32.3 Å². The molecule has 2 aliphatic rings. The zero-order valence-corrected chi connectivity index (χ0v) is 27.3. The lowest BCUT2D eigenvalue weighted by Gasteiger charge is -2.25. The summed E-state index contributed by atoms with van der Waals surface area (Å²) in [6.07, 6.45) is 1.90. The van der Waals surface area contributed by atoms with Crippen molar-refractivity contribution in [1.29, 1.82) is 0 Å². The molecular weight excluding hydrogens is 638 g/mol. The van der Waals surface area contributed by atoms with E-state index in [1.807, 2.05) is 0 Å². The lowest BCUT2D eigenvalue weighted by Crippen LogP contribution is -2.38. The van der Waals surface area contributed by atoms with Gasteiger partial charge < -0.3 is 36.2 Å². The van der Waals surface area contributed by atoms with Crippen LogP contribution in [0.3, 0.4) is 0 Å². The smallest absolute Gasteiger partial charge is 0.391 e. The number of β-amino-alcohol motifs (C(OH)–C–C–N with tert-alkyl or cyclic N) is 1. The molecule has 2 aliphatic heterocycles. The van der Waals surface area contributed by atoms with E-state index in [4.69, 9.17) is 25.0 Å². The average Bonchev–Trinajstić information content (AvgIpc) is 3.48. The van der Waals surface area contributed by atoms with Gasteiger partial charge in [0.05, 0.1) is 37.5 Å². The number of thiol groups is 1. The summed E-state index contributed by atoms with van der Waals surface area (Å²) >= 11 is 3.50. The van der Waals surface area contributed by atoms with Crippen LogP contribution in [-0.4, -0.2) is 112 Å². The lowest BCUT2D eigenvalue weighted by molar-refractivity contribution is -0.133. The second-order valence-electron chi connectivity index (χ2n) is 9.94. The van der Waals surface area contributed by atoms with E-state index in [2.05, 4.69) is 12.2 Å². The Morgan fingerprint density at radius 2 is 1.46 bits per heavy atom. The molecule has 240 valence electrons. The van der Waals surface area contributed by atoms with E-state index in [0.29, 0.717) is 25.9 Å². The first-order valence-electron chi connectivity index (χ1n) is 13.6. The highest BCUT2D eigenvalue weighted by atomic mass is 33.1. The zero-order valence-electron chi connectivity index (χ0n) is 23.0. The Labute approximate surface area is 254 Å². The van der Waals surface area contributed by atoms with E-state index in [9.17, 15) is 33.6 Å². The molecule has 0 aromatic heterocycles. The van der Waals surface area contributed by atoms with Crippen molar-refractivity contribution in [3.8, 4) is 0 Å². The molecule has 0 aromatic carbocycles. The minimum Gasteiger partial charge on any atom is -0.391 e. The number of hydrogen-bond acceptors (Lipinski definition) is 12. The van der Waals surface area contributed by atoms with E-state index < -0.39 is 38.9 Å². The molecule has 2 heterocycles. The van der Waals surface area contributed by atoms with Crippen LogP contribution in [0, 0.1) is 0 Å². The fraction of sp³-hybridized carbons (Fsp3) is 0.909. The molecule has 14 nitrogen and oxygen atoms in total. The minimum absolute atomic E-state index is 0.0334. The summed E-state index contributed by atoms with van der Waals surface area (Å²) in [7, 11) is -1.33. The van der Waals surface area contributed by atoms with Gasteiger partial charge in [-0.3, -0.25) is 23.2 Å². The van der Waals surface area contributed by atoms with Crippen molar-refractivity contribution < 1.29 is 47.2 Å². The molecule has 0 spiro atoms. The first-order chi connectivity index (χ1) is 19.3. The van der Waals surface area contributed by atoms with Gasteiger partial charge in [-0.25, -0.2) is 9.13 Å². The third kappa shape index (κ3) is 14.6. The summed E-state index contributed by atoms with van der Waals surface area (Å²) < 4.78 is 39.8. The van der Waals surface area contributed by atoms with Crippen molar-refractivity contribution >= 4 is 60.3 Å². The Balaban J connectivity index is 1.90. The molecule has 2 unspecified atom stereocenters. The molecule has 7 N–H and O–H groups in total. The summed E-state index contributed by atoms with van der Waals surface area (Å²) in [5, 5.41) is 10.1. The summed E-state index contributed by atoms with van der Waals surface area (Å²) in [5.41, 5.74) is 11.0. The summed E-state index contributed by atoms with van der Waals surface area (Å²) in [5.74, 6) is 1.20. The number of phosphoric ester groups is 1. The number of unbranched alkanes of at least 4 members (excludes halogenated alkanes) is 2. The van der Waals surface area contributed by atoms with Crippen molar-refractivity contribution in [2.75, 3.05) is 50.9 Å². The van der Waals surface area contributed by atoms with Gasteiger partial charge >= 0.3 is 14.6 Å². The number of hydrogen-bond donors (Lipinski definition) is 6. The maximum Gasteiger partial charge on any atom is 0.472 e. The number of amides is 2. The SMILES string of the molecule is NCCCCCC(=O)N1C[C@H](OP(=O)(O)OC[C@@H]2C[C@@H](O)CN2C(=O)CCCSSCCN)C[C@H]1COP(=O)(O)S. The molecule has 0 radical (unpaired) electrons. The Hall–Kier alpha value is 0.130. The second-order valence-corrected chi connectivity index (χ2v) is 16.8. The van der Waals surface area contributed by atoms with Gasteiger partial charge in [-0.1, -0.05) is 40.3 Å². The normalized spacial score (nSPS) is 25.8. The minimum atomic E-state index is -4.62. The highest BCUT2D eigenvalue weighted by Gasteiger charge is 2.41. The van der Waals surface area contributed by atoms with E-state index in [1.165, 1.54) is 9.80 Å². The van der Waals surface area contributed by atoms with E-state index in [0.717, 1.165) is 24.3 Å². The molecule has 0 aliphatic carbocycles. The van der Waals surface area contributed by atoms with Crippen LogP contribution in [0.5, 0.6) is 0 Å². The zero-order chi connectivity index (χ0) is 30.5. The number of carbonyl (C=O) groups is 2. The van der Waals surface area contributed by atoms with Crippen LogP contribution in [0.4, 0.5) is 0 Å². The number of phosphoric acid groups is 1. The first kappa shape index (κ1) is 37.3. The third-order valence-corrected chi connectivity index (χ3v) is 11.0. The number of likely N-dealkylation sites (tertiary alicyclic amines) is 2. The number of nitrogens with two attached hydrogens (primary N) is 2. The van der Waals surface area contributed by atoms with Crippen LogP contribution >= 0.6 is 48.5 Å². The Kier molecular flexibility index (Phi) is 17.1. The number of nitrogens with zero attached hydrogens (tertiary/aromatic N) is 2. The lowest BCUT2D eigenvalue weighted by atomic mass is 10.1. The molecule has 2 saturated heterocycles. The molecular formula is C22H44N4O10P2S3. The van der Waals surface area contributed by atoms with Crippen molar-refractivity contribution in [3.63, 3.8) is 0 Å². The van der Waals surface area contributed by atoms with Gasteiger partial charge in [0.25, 0.3) is 0 Å². The van der Waals surface area contributed by atoms with Crippen LogP contribution < -0.4 is 11.5 Å². The first-order valence-corrected chi connectivity index (χ1v) is 20.3. The molecule has 2 amide bonds. The molecule has 0 saturated carbocycles. The van der Waals surface area contributed by atoms with E-state index >= 15 is 0 Å². The van der Waals surface area contributed by atoms with Gasteiger partial charge in [0.15, 0.2) is 0 Å². The van der Waals surface area contributed by atoms with Crippen LogP contribution in [0.15, 0.2) is 0 Å². The van der Waals surface area contributed by atoms with Crippen molar-refractivity contribution in [1.82, 2.24) is 9.80 Å². The molecule has 41 heavy (non-hydrogen) atoms. The summed E-state index contributed by atoms with van der Waals surface area (Å²) in [4.78, 5) is 48.3. The average molecular weight is 683 g/mol. The molecule has 2 rings (SSSR count). The fourth-order valence-electron chi connectivity index (χ4n) is 4.68. The van der Waals surface area contributed by atoms with Crippen molar-refractivity contribution in [3.05, 3.63) is 0 Å². The van der Waals surface area contributed by atoms with Crippen molar-refractivity contribution in [2.24, 2.45) is 11.5 Å². The van der Waals surface area contributed by atoms with Gasteiger partial charge in [0.2, 0.25) is 11.8 Å². The van der Waals surface area contributed by atoms with Gasteiger partial charge in [-0.2, -0.15) is 0 Å². The Morgan fingerprint density at radius 1 is 0.854 bits per heavy atom. The molecule has 0 bridgehead atoms. The van der Waals surface area contributed by atoms with Gasteiger partial charge in [0, 0.05) is 44.0 Å². The third-order valence-electron chi connectivity index (χ3n) is 6.55. The molecule has 0 aromatic rings. The number of rotatable bonds is 20. The highest BCUT2D eigenvalue weighted by Crippen LogP contribution is 2.49. The van der Waals surface area contributed by atoms with E-state index in [-0.39, 0.29) is 63.8 Å². The van der Waals surface area contributed by atoms with Crippen LogP contribution in [0.2, 0.25) is 0 Å².